The summed E-state index contributed by atoms with van der Waals surface area (Å²) in [6, 6.07) is 0. The molecule has 0 aromatic rings. The average molecular weight is 1450 g/mol. The molecule has 0 amide bonds. The molecule has 0 aliphatic carbocycles. The van der Waals surface area contributed by atoms with E-state index >= 15 is 0 Å². The van der Waals surface area contributed by atoms with E-state index in [1.807, 2.05) is 0 Å². The van der Waals surface area contributed by atoms with Gasteiger partial charge in [-0.15, -0.1) is 0 Å². The number of carbonyl (C=O) groups excluding carboxylic acids is 4. The van der Waals surface area contributed by atoms with Gasteiger partial charge in [0.2, 0.25) is 0 Å². The number of hydrogen-bond acceptors (Lipinski definition) is 15. The van der Waals surface area contributed by atoms with Crippen LogP contribution in [0.2, 0.25) is 0 Å². The van der Waals surface area contributed by atoms with E-state index in [0.29, 0.717) is 37.5 Å². The molecule has 6 atom stereocenters. The predicted molar refractivity (Wildman–Crippen MR) is 404 cm³/mol. The topological polar surface area (TPSA) is 237 Å². The molecule has 17 nitrogen and oxygen atoms in total. The van der Waals surface area contributed by atoms with Gasteiger partial charge in [0.1, 0.15) is 19.3 Å². The van der Waals surface area contributed by atoms with Crippen molar-refractivity contribution in [2.45, 2.75) is 427 Å². The molecule has 0 heterocycles. The highest BCUT2D eigenvalue weighted by Crippen LogP contribution is 2.45. The van der Waals surface area contributed by atoms with Crippen molar-refractivity contribution in [3.8, 4) is 0 Å². The molecule has 0 aliphatic heterocycles. The Labute approximate surface area is 607 Å². The lowest BCUT2D eigenvalue weighted by Gasteiger charge is -2.21. The smallest absolute Gasteiger partial charge is 0.462 e. The van der Waals surface area contributed by atoms with E-state index in [4.69, 9.17) is 37.0 Å². The zero-order chi connectivity index (χ0) is 73.1. The van der Waals surface area contributed by atoms with Crippen LogP contribution in [0.3, 0.4) is 0 Å². The summed E-state index contributed by atoms with van der Waals surface area (Å²) in [4.78, 5) is 72.8. The van der Waals surface area contributed by atoms with Crippen molar-refractivity contribution in [3.05, 3.63) is 0 Å². The number of ether oxygens (including phenoxy) is 4. The van der Waals surface area contributed by atoms with Gasteiger partial charge in [-0.3, -0.25) is 37.3 Å². The van der Waals surface area contributed by atoms with Gasteiger partial charge in [-0.25, -0.2) is 9.13 Å². The lowest BCUT2D eigenvalue weighted by molar-refractivity contribution is -0.161. The van der Waals surface area contributed by atoms with Gasteiger partial charge in [0.15, 0.2) is 12.2 Å². The summed E-state index contributed by atoms with van der Waals surface area (Å²) in [6.45, 7) is 14.2. The molecule has 0 saturated carbocycles. The molecule has 0 spiro atoms. The van der Waals surface area contributed by atoms with Crippen LogP contribution in [-0.2, 0) is 65.4 Å². The van der Waals surface area contributed by atoms with Gasteiger partial charge in [-0.2, -0.15) is 0 Å². The van der Waals surface area contributed by atoms with E-state index in [9.17, 15) is 43.2 Å². The van der Waals surface area contributed by atoms with Crippen molar-refractivity contribution in [1.82, 2.24) is 0 Å². The first kappa shape index (κ1) is 97.1. The van der Waals surface area contributed by atoms with E-state index in [1.165, 1.54) is 205 Å². The SMILES string of the molecule is CCC(C)CCCCCCCCCCCCCCCCCCCCC(=O)OC[C@H](COP(=O)(O)OCC(O)COP(=O)(O)OC[C@@H](COC(=O)CCCCCCCCCC(C)C)OC(=O)CCCCCCCCCCCCCCCCCC(C)C)OC(=O)CCCCCCCCC(C)C. The summed E-state index contributed by atoms with van der Waals surface area (Å²) in [5.41, 5.74) is 0. The monoisotopic (exact) mass is 1450 g/mol. The fourth-order valence-corrected chi connectivity index (χ4v) is 13.8. The molecule has 0 radical (unpaired) electrons. The van der Waals surface area contributed by atoms with Crippen LogP contribution in [-0.4, -0.2) is 96.7 Å². The van der Waals surface area contributed by atoms with Gasteiger partial charge >= 0.3 is 39.5 Å². The van der Waals surface area contributed by atoms with Gasteiger partial charge in [-0.1, -0.05) is 357 Å². The number of phosphoric acid groups is 2. The first-order valence-electron chi connectivity index (χ1n) is 41.2. The Kier molecular flexibility index (Phi) is 67.8. The Morgan fingerprint density at radius 2 is 0.485 bits per heavy atom. The number of esters is 4. The number of carbonyl (C=O) groups is 4. The van der Waals surface area contributed by atoms with Crippen molar-refractivity contribution in [2.75, 3.05) is 39.6 Å². The number of rotatable bonds is 77. The van der Waals surface area contributed by atoms with Gasteiger partial charge in [0.25, 0.3) is 0 Å². The maximum Gasteiger partial charge on any atom is 0.472 e. The molecule has 0 aromatic heterocycles. The molecule has 0 fully saturated rings. The van der Waals surface area contributed by atoms with Crippen LogP contribution in [0.5, 0.6) is 0 Å². The number of unbranched alkanes of at least 4 members (excludes halogenated alkanes) is 42. The quantitative estimate of drug-likeness (QED) is 0.0222. The number of phosphoric ester groups is 2. The van der Waals surface area contributed by atoms with Crippen molar-refractivity contribution in [2.24, 2.45) is 23.7 Å². The predicted octanol–water partition coefficient (Wildman–Crippen LogP) is 23.6. The van der Waals surface area contributed by atoms with Crippen LogP contribution in [0.25, 0.3) is 0 Å². The molecule has 19 heteroatoms. The fraction of sp³-hybridized carbons (Fsp3) is 0.950. The minimum absolute atomic E-state index is 0.102. The van der Waals surface area contributed by atoms with Gasteiger partial charge < -0.3 is 33.8 Å². The van der Waals surface area contributed by atoms with Crippen LogP contribution in [0, 0.1) is 23.7 Å². The molecule has 4 unspecified atom stereocenters. The molecule has 588 valence electrons. The third-order valence-corrected chi connectivity index (χ3v) is 20.8. The van der Waals surface area contributed by atoms with Crippen molar-refractivity contribution in [1.29, 1.82) is 0 Å². The second-order valence-electron chi connectivity index (χ2n) is 30.5. The van der Waals surface area contributed by atoms with Crippen molar-refractivity contribution in [3.63, 3.8) is 0 Å². The largest absolute Gasteiger partial charge is 0.472 e. The Balaban J connectivity index is 5.10. The summed E-state index contributed by atoms with van der Waals surface area (Å²) in [5.74, 6) is 0.928. The second kappa shape index (κ2) is 69.1. The summed E-state index contributed by atoms with van der Waals surface area (Å²) in [6.07, 6.45) is 55.9. The molecule has 0 rings (SSSR count). The maximum atomic E-state index is 13.1. The number of aliphatic hydroxyl groups is 1. The molecule has 0 saturated heterocycles. The zero-order valence-electron chi connectivity index (χ0n) is 65.1. The first-order valence-corrected chi connectivity index (χ1v) is 44.2. The molecule has 0 bridgehead atoms. The molecule has 99 heavy (non-hydrogen) atoms. The Morgan fingerprint density at radius 3 is 0.717 bits per heavy atom. The van der Waals surface area contributed by atoms with Crippen molar-refractivity contribution < 1.29 is 80.2 Å². The highest BCUT2D eigenvalue weighted by molar-refractivity contribution is 7.47. The van der Waals surface area contributed by atoms with Gasteiger partial charge in [0, 0.05) is 25.7 Å². The highest BCUT2D eigenvalue weighted by Gasteiger charge is 2.30. The van der Waals surface area contributed by atoms with Gasteiger partial charge in [0.05, 0.1) is 26.4 Å². The fourth-order valence-electron chi connectivity index (χ4n) is 12.2. The van der Waals surface area contributed by atoms with Crippen LogP contribution >= 0.6 is 15.6 Å². The third-order valence-electron chi connectivity index (χ3n) is 18.9. The van der Waals surface area contributed by atoms with Crippen LogP contribution < -0.4 is 0 Å². The molecule has 3 N–H and O–H groups in total. The summed E-state index contributed by atoms with van der Waals surface area (Å²) in [7, 11) is -9.91. The van der Waals surface area contributed by atoms with E-state index in [0.717, 1.165) is 108 Å². The lowest BCUT2D eigenvalue weighted by atomic mass is 9.99. The first-order chi connectivity index (χ1) is 47.6. The van der Waals surface area contributed by atoms with Crippen LogP contribution in [0.4, 0.5) is 0 Å². The van der Waals surface area contributed by atoms with Crippen LogP contribution in [0.1, 0.15) is 409 Å². The molecule has 0 aliphatic rings. The Morgan fingerprint density at radius 1 is 0.283 bits per heavy atom. The summed E-state index contributed by atoms with van der Waals surface area (Å²) >= 11 is 0. The molecule has 0 aromatic carbocycles. The van der Waals surface area contributed by atoms with E-state index in [2.05, 4.69) is 55.4 Å². The normalized spacial score (nSPS) is 14.3. The summed E-state index contributed by atoms with van der Waals surface area (Å²) < 4.78 is 68.5. The minimum Gasteiger partial charge on any atom is -0.462 e. The standard InChI is InChI=1S/C80H156O17P2/c1-9-73(8)59-51-43-34-28-24-20-16-12-10-11-13-17-21-25-29-35-44-52-60-77(82)90-67-76(97-80(85)63-55-47-39-38-42-50-58-72(6)7)69-95-99(88,89)93-65-74(81)64-92-98(86,87)94-68-75(66-91-78(83)61-53-45-37-31-33-41-49-57-71(4)5)96-79(84)62-54-46-36-30-26-22-18-14-15-19-23-27-32-40-48-56-70(2)3/h70-76,81H,9-69H2,1-8H3,(H,86,87)(H,88,89)/t73?,74?,75-,76-/m1/s1. The molecular weight excluding hydrogens is 1290 g/mol. The minimum atomic E-state index is -4.96. The Bertz CT molecular complexity index is 1940. The van der Waals surface area contributed by atoms with Crippen LogP contribution in [0.15, 0.2) is 0 Å². The van der Waals surface area contributed by atoms with Gasteiger partial charge in [-0.05, 0) is 49.4 Å². The van der Waals surface area contributed by atoms with E-state index in [1.54, 1.807) is 0 Å². The van der Waals surface area contributed by atoms with Crippen molar-refractivity contribution >= 4 is 39.5 Å². The number of hydrogen-bond donors (Lipinski definition) is 3. The maximum absolute atomic E-state index is 13.1. The zero-order valence-corrected chi connectivity index (χ0v) is 66.9. The number of aliphatic hydroxyl groups excluding tert-OH is 1. The average Bonchev–Trinajstić information content (AvgIpc) is 1.16. The highest BCUT2D eigenvalue weighted by atomic mass is 31.2. The lowest BCUT2D eigenvalue weighted by Crippen LogP contribution is -2.30. The Hall–Kier alpha value is -1.94. The van der Waals surface area contributed by atoms with E-state index in [-0.39, 0.29) is 25.7 Å². The second-order valence-corrected chi connectivity index (χ2v) is 33.4. The third kappa shape index (κ3) is 72.8. The summed E-state index contributed by atoms with van der Waals surface area (Å²) in [5, 5.41) is 10.6. The molecular formula is C80H156O17P2. The van der Waals surface area contributed by atoms with E-state index < -0.39 is 97.5 Å².